The molecule has 5 nitrogen and oxygen atoms in total. The van der Waals surface area contributed by atoms with Crippen LogP contribution in [0.25, 0.3) is 0 Å². The molecule has 1 heterocycles. The van der Waals surface area contributed by atoms with E-state index in [0.717, 1.165) is 11.3 Å². The second-order valence-electron chi connectivity index (χ2n) is 4.00. The van der Waals surface area contributed by atoms with Gasteiger partial charge in [0.1, 0.15) is 12.2 Å². The highest BCUT2D eigenvalue weighted by atomic mass is 16.2. The highest BCUT2D eigenvalue weighted by Gasteiger charge is 2.04. The largest absolute Gasteiger partial charge is 0.327 e. The van der Waals surface area contributed by atoms with Crippen LogP contribution in [0.15, 0.2) is 36.8 Å². The number of aldehydes is 1. The number of imidazole rings is 1. The predicted molar refractivity (Wildman–Crippen MR) is 67.4 cm³/mol. The summed E-state index contributed by atoms with van der Waals surface area (Å²) in [6, 6.07) is 7.55. The Bertz CT molecular complexity index is 558. The lowest BCUT2D eigenvalue weighted by atomic mass is 10.2. The van der Waals surface area contributed by atoms with E-state index in [4.69, 9.17) is 0 Å². The SMILES string of the molecule is Cc1ccc(NC(=O)Cn2cnc(C=O)c2)cc1. The zero-order chi connectivity index (χ0) is 13.0. The fourth-order valence-electron chi connectivity index (χ4n) is 1.53. The average Bonchev–Trinajstić information content (AvgIpc) is 2.79. The Morgan fingerprint density at radius 2 is 2.11 bits per heavy atom. The van der Waals surface area contributed by atoms with Gasteiger partial charge in [-0.2, -0.15) is 0 Å². The second-order valence-corrected chi connectivity index (χ2v) is 4.00. The third-order valence-electron chi connectivity index (χ3n) is 2.44. The van der Waals surface area contributed by atoms with E-state index in [1.54, 1.807) is 4.57 Å². The van der Waals surface area contributed by atoms with E-state index in [2.05, 4.69) is 10.3 Å². The summed E-state index contributed by atoms with van der Waals surface area (Å²) < 4.78 is 1.56. The minimum Gasteiger partial charge on any atom is -0.327 e. The number of nitrogens with one attached hydrogen (secondary N) is 1. The molecule has 1 amide bonds. The van der Waals surface area contributed by atoms with Gasteiger partial charge in [0.25, 0.3) is 0 Å². The molecule has 1 aromatic carbocycles. The zero-order valence-corrected chi connectivity index (χ0v) is 9.96. The Morgan fingerprint density at radius 1 is 1.39 bits per heavy atom. The number of carbonyl (C=O) groups excluding carboxylic acids is 2. The van der Waals surface area contributed by atoms with Crippen LogP contribution < -0.4 is 5.32 Å². The Balaban J connectivity index is 1.96. The minimum atomic E-state index is -0.159. The van der Waals surface area contributed by atoms with Crippen molar-refractivity contribution < 1.29 is 9.59 Å². The number of nitrogens with zero attached hydrogens (tertiary/aromatic N) is 2. The van der Waals surface area contributed by atoms with Crippen molar-refractivity contribution in [3.63, 3.8) is 0 Å². The highest BCUT2D eigenvalue weighted by Crippen LogP contribution is 2.08. The smallest absolute Gasteiger partial charge is 0.244 e. The summed E-state index contributed by atoms with van der Waals surface area (Å²) in [6.07, 6.45) is 3.63. The topological polar surface area (TPSA) is 64.0 Å². The van der Waals surface area contributed by atoms with Crippen molar-refractivity contribution in [2.75, 3.05) is 5.32 Å². The summed E-state index contributed by atoms with van der Waals surface area (Å²) in [5, 5.41) is 2.77. The van der Waals surface area contributed by atoms with Crippen molar-refractivity contribution in [3.8, 4) is 0 Å². The van der Waals surface area contributed by atoms with Crippen LogP contribution in [-0.4, -0.2) is 21.7 Å². The predicted octanol–water partition coefficient (Wildman–Crippen LogP) is 1.64. The van der Waals surface area contributed by atoms with E-state index < -0.39 is 0 Å². The van der Waals surface area contributed by atoms with Crippen LogP contribution >= 0.6 is 0 Å². The van der Waals surface area contributed by atoms with Gasteiger partial charge in [0, 0.05) is 11.9 Å². The highest BCUT2D eigenvalue weighted by molar-refractivity contribution is 5.90. The Morgan fingerprint density at radius 3 is 2.72 bits per heavy atom. The first-order valence-electron chi connectivity index (χ1n) is 5.51. The third kappa shape index (κ3) is 3.04. The number of benzene rings is 1. The molecule has 0 aliphatic heterocycles. The molecule has 2 aromatic rings. The summed E-state index contributed by atoms with van der Waals surface area (Å²) in [4.78, 5) is 26.0. The molecular weight excluding hydrogens is 230 g/mol. The number of aromatic nitrogens is 2. The molecule has 0 saturated heterocycles. The van der Waals surface area contributed by atoms with Gasteiger partial charge in [0.15, 0.2) is 6.29 Å². The Kier molecular flexibility index (Phi) is 3.52. The summed E-state index contributed by atoms with van der Waals surface area (Å²) >= 11 is 0. The normalized spacial score (nSPS) is 10.1. The Labute approximate surface area is 104 Å². The maximum atomic E-state index is 11.7. The maximum absolute atomic E-state index is 11.7. The van der Waals surface area contributed by atoms with Crippen LogP contribution in [0.4, 0.5) is 5.69 Å². The van der Waals surface area contributed by atoms with Crippen molar-refractivity contribution in [3.05, 3.63) is 48.0 Å². The van der Waals surface area contributed by atoms with E-state index in [1.807, 2.05) is 31.2 Å². The molecule has 0 fully saturated rings. The van der Waals surface area contributed by atoms with Gasteiger partial charge >= 0.3 is 0 Å². The molecule has 0 bridgehead atoms. The van der Waals surface area contributed by atoms with E-state index in [9.17, 15) is 9.59 Å². The third-order valence-corrected chi connectivity index (χ3v) is 2.44. The van der Waals surface area contributed by atoms with Gasteiger partial charge in [0.2, 0.25) is 5.91 Å². The number of rotatable bonds is 4. The zero-order valence-electron chi connectivity index (χ0n) is 9.96. The summed E-state index contributed by atoms with van der Waals surface area (Å²) in [7, 11) is 0. The lowest BCUT2D eigenvalue weighted by molar-refractivity contribution is -0.116. The summed E-state index contributed by atoms with van der Waals surface area (Å²) in [5.41, 5.74) is 2.21. The van der Waals surface area contributed by atoms with Crippen molar-refractivity contribution in [1.29, 1.82) is 0 Å². The van der Waals surface area contributed by atoms with Crippen LogP contribution in [0, 0.1) is 6.92 Å². The first-order valence-corrected chi connectivity index (χ1v) is 5.51. The quantitative estimate of drug-likeness (QED) is 0.830. The van der Waals surface area contributed by atoms with Crippen molar-refractivity contribution >= 4 is 17.9 Å². The molecule has 1 aromatic heterocycles. The van der Waals surface area contributed by atoms with E-state index >= 15 is 0 Å². The van der Waals surface area contributed by atoms with Crippen molar-refractivity contribution in [2.45, 2.75) is 13.5 Å². The molecule has 0 saturated carbocycles. The number of hydrogen-bond acceptors (Lipinski definition) is 3. The lowest BCUT2D eigenvalue weighted by Crippen LogP contribution is -2.17. The standard InChI is InChI=1S/C13H13N3O2/c1-10-2-4-11(5-3-10)15-13(18)7-16-6-12(8-17)14-9-16/h2-6,8-9H,7H2,1H3,(H,15,18). The van der Waals surface area contributed by atoms with Gasteiger partial charge in [0.05, 0.1) is 6.33 Å². The van der Waals surface area contributed by atoms with Crippen LogP contribution in [0.3, 0.4) is 0 Å². The molecule has 0 aliphatic rings. The summed E-state index contributed by atoms with van der Waals surface area (Å²) in [5.74, 6) is -0.159. The monoisotopic (exact) mass is 243 g/mol. The van der Waals surface area contributed by atoms with Gasteiger partial charge in [-0.25, -0.2) is 4.98 Å². The minimum absolute atomic E-state index is 0.134. The van der Waals surface area contributed by atoms with E-state index in [-0.39, 0.29) is 12.5 Å². The first kappa shape index (κ1) is 12.0. The van der Waals surface area contributed by atoms with Crippen molar-refractivity contribution in [2.24, 2.45) is 0 Å². The van der Waals surface area contributed by atoms with Crippen LogP contribution in [0.5, 0.6) is 0 Å². The van der Waals surface area contributed by atoms with Gasteiger partial charge in [-0.1, -0.05) is 17.7 Å². The van der Waals surface area contributed by atoms with E-state index in [0.29, 0.717) is 12.0 Å². The first-order chi connectivity index (χ1) is 8.67. The molecule has 0 unspecified atom stereocenters. The fraction of sp³-hybridized carbons (Fsp3) is 0.154. The number of aryl methyl sites for hydroxylation is 1. The molecule has 5 heteroatoms. The molecular formula is C13H13N3O2. The lowest BCUT2D eigenvalue weighted by Gasteiger charge is -2.05. The van der Waals surface area contributed by atoms with Gasteiger partial charge in [-0.3, -0.25) is 9.59 Å². The molecule has 1 N–H and O–H groups in total. The molecule has 0 radical (unpaired) electrons. The van der Waals surface area contributed by atoms with Crippen molar-refractivity contribution in [1.82, 2.24) is 9.55 Å². The average molecular weight is 243 g/mol. The number of carbonyl (C=O) groups is 2. The van der Waals surface area contributed by atoms with Gasteiger partial charge in [-0.15, -0.1) is 0 Å². The molecule has 18 heavy (non-hydrogen) atoms. The molecule has 2 rings (SSSR count). The second kappa shape index (κ2) is 5.27. The Hall–Kier alpha value is -2.43. The summed E-state index contributed by atoms with van der Waals surface area (Å²) in [6.45, 7) is 2.12. The number of amides is 1. The van der Waals surface area contributed by atoms with Crippen LogP contribution in [0.2, 0.25) is 0 Å². The molecule has 0 spiro atoms. The molecule has 92 valence electrons. The molecule has 0 atom stereocenters. The van der Waals surface area contributed by atoms with Crippen LogP contribution in [-0.2, 0) is 11.3 Å². The van der Waals surface area contributed by atoms with E-state index in [1.165, 1.54) is 12.5 Å². The van der Waals surface area contributed by atoms with Crippen LogP contribution in [0.1, 0.15) is 16.1 Å². The number of anilines is 1. The molecule has 0 aliphatic carbocycles. The maximum Gasteiger partial charge on any atom is 0.244 e. The van der Waals surface area contributed by atoms with Gasteiger partial charge < -0.3 is 9.88 Å². The fourth-order valence-corrected chi connectivity index (χ4v) is 1.53. The number of hydrogen-bond donors (Lipinski definition) is 1. The van der Waals surface area contributed by atoms with Gasteiger partial charge in [-0.05, 0) is 19.1 Å².